The number of hydrogen-bond acceptors (Lipinski definition) is 5. The molecule has 0 N–H and O–H groups in total. The molecule has 0 radical (unpaired) electrons. The lowest BCUT2D eigenvalue weighted by atomic mass is 10.1. The highest BCUT2D eigenvalue weighted by molar-refractivity contribution is 5.75. The molecule has 0 aromatic heterocycles. The molecule has 0 spiro atoms. The molecular formula is C14H17NO4. The van der Waals surface area contributed by atoms with Crippen molar-refractivity contribution < 1.29 is 19.0 Å². The molecule has 102 valence electrons. The van der Waals surface area contributed by atoms with Crippen molar-refractivity contribution in [2.24, 2.45) is 0 Å². The Morgan fingerprint density at radius 3 is 2.84 bits per heavy atom. The molecule has 3 rings (SSSR count). The Morgan fingerprint density at radius 1 is 1.32 bits per heavy atom. The number of carbonyl (C=O) groups excluding carboxylic acids is 1. The fraction of sp³-hybridized carbons (Fsp3) is 0.500. The molecule has 19 heavy (non-hydrogen) atoms. The van der Waals surface area contributed by atoms with Crippen LogP contribution in [0.4, 0.5) is 0 Å². The molecule has 2 aliphatic rings. The summed E-state index contributed by atoms with van der Waals surface area (Å²) >= 11 is 0. The molecule has 2 heterocycles. The van der Waals surface area contributed by atoms with Gasteiger partial charge in [0.25, 0.3) is 0 Å². The molecule has 3 atom stereocenters. The lowest BCUT2D eigenvalue weighted by molar-refractivity contribution is -0.154. The number of esters is 1. The van der Waals surface area contributed by atoms with Gasteiger partial charge < -0.3 is 14.2 Å². The lowest BCUT2D eigenvalue weighted by Crippen LogP contribution is -2.45. The van der Waals surface area contributed by atoms with Crippen LogP contribution in [-0.4, -0.2) is 49.6 Å². The first-order valence-corrected chi connectivity index (χ1v) is 6.41. The Balaban J connectivity index is 1.64. The van der Waals surface area contributed by atoms with Gasteiger partial charge >= 0.3 is 5.97 Å². The van der Waals surface area contributed by atoms with Gasteiger partial charge in [0.05, 0.1) is 13.7 Å². The van der Waals surface area contributed by atoms with E-state index in [4.69, 9.17) is 14.2 Å². The number of rotatable bonds is 3. The number of hydrogen-bond donors (Lipinski definition) is 0. The van der Waals surface area contributed by atoms with E-state index in [9.17, 15) is 4.79 Å². The van der Waals surface area contributed by atoms with Gasteiger partial charge in [0.1, 0.15) is 6.10 Å². The van der Waals surface area contributed by atoms with Crippen LogP contribution in [0.1, 0.15) is 5.56 Å². The summed E-state index contributed by atoms with van der Waals surface area (Å²) in [6.07, 6.45) is -1.14. The molecule has 1 aromatic rings. The summed E-state index contributed by atoms with van der Waals surface area (Å²) in [5.74, 6) is -0.353. The Hall–Kier alpha value is -1.43. The minimum atomic E-state index is -0.587. The zero-order chi connectivity index (χ0) is 13.2. The standard InChI is InChI=1S/C14H17NO4/c1-17-14(16)13-11-8-15(9-12(18-11)19-13)7-10-5-3-2-4-6-10/h2-6,11-13H,7-9H2,1H3/t11-,12?,13?/m0/s1. The number of nitrogens with zero attached hydrogens (tertiary/aromatic N) is 1. The SMILES string of the molecule is COC(=O)C1OC2CN(Cc3ccccc3)C[C@@H]1O2. The summed E-state index contributed by atoms with van der Waals surface area (Å²) in [4.78, 5) is 13.8. The summed E-state index contributed by atoms with van der Waals surface area (Å²) in [7, 11) is 1.37. The van der Waals surface area contributed by atoms with Crippen LogP contribution in [-0.2, 0) is 25.5 Å². The summed E-state index contributed by atoms with van der Waals surface area (Å²) in [5.41, 5.74) is 1.25. The molecule has 5 nitrogen and oxygen atoms in total. The minimum absolute atomic E-state index is 0.227. The summed E-state index contributed by atoms with van der Waals surface area (Å²) in [6, 6.07) is 10.2. The van der Waals surface area contributed by atoms with Crippen molar-refractivity contribution in [1.29, 1.82) is 0 Å². The van der Waals surface area contributed by atoms with Crippen LogP contribution in [0.25, 0.3) is 0 Å². The normalized spacial score (nSPS) is 30.3. The van der Waals surface area contributed by atoms with E-state index in [0.717, 1.165) is 6.54 Å². The summed E-state index contributed by atoms with van der Waals surface area (Å²) in [5, 5.41) is 0. The number of methoxy groups -OCH3 is 1. The first-order valence-electron chi connectivity index (χ1n) is 6.41. The van der Waals surface area contributed by atoms with E-state index >= 15 is 0 Å². The largest absolute Gasteiger partial charge is 0.467 e. The van der Waals surface area contributed by atoms with Crippen LogP contribution in [0.15, 0.2) is 30.3 Å². The van der Waals surface area contributed by atoms with Crippen LogP contribution in [0.2, 0.25) is 0 Å². The van der Waals surface area contributed by atoms with E-state index in [-0.39, 0.29) is 18.4 Å². The quantitative estimate of drug-likeness (QED) is 0.754. The van der Waals surface area contributed by atoms with Crippen molar-refractivity contribution in [3.8, 4) is 0 Å². The second kappa shape index (κ2) is 5.28. The third-order valence-corrected chi connectivity index (χ3v) is 3.49. The molecule has 0 aliphatic carbocycles. The zero-order valence-electron chi connectivity index (χ0n) is 10.8. The van der Waals surface area contributed by atoms with E-state index < -0.39 is 6.10 Å². The number of benzene rings is 1. The predicted octanol–water partition coefficient (Wildman–Crippen LogP) is 0.785. The van der Waals surface area contributed by atoms with Gasteiger partial charge in [-0.1, -0.05) is 30.3 Å². The smallest absolute Gasteiger partial charge is 0.337 e. The van der Waals surface area contributed by atoms with Crippen molar-refractivity contribution in [2.75, 3.05) is 20.2 Å². The van der Waals surface area contributed by atoms with E-state index in [2.05, 4.69) is 17.0 Å². The number of ether oxygens (including phenoxy) is 3. The highest BCUT2D eigenvalue weighted by Gasteiger charge is 2.46. The van der Waals surface area contributed by atoms with Crippen LogP contribution >= 0.6 is 0 Å². The maximum Gasteiger partial charge on any atom is 0.337 e. The highest BCUT2D eigenvalue weighted by Crippen LogP contribution is 2.27. The molecule has 5 heteroatoms. The fourth-order valence-corrected chi connectivity index (χ4v) is 2.61. The maximum atomic E-state index is 11.6. The van der Waals surface area contributed by atoms with Crippen molar-refractivity contribution >= 4 is 5.97 Å². The molecule has 2 fully saturated rings. The van der Waals surface area contributed by atoms with E-state index in [1.165, 1.54) is 12.7 Å². The van der Waals surface area contributed by atoms with Gasteiger partial charge in [0, 0.05) is 13.1 Å². The molecule has 0 saturated carbocycles. The van der Waals surface area contributed by atoms with Crippen LogP contribution in [0.5, 0.6) is 0 Å². The molecule has 2 aliphatic heterocycles. The van der Waals surface area contributed by atoms with E-state index in [1.807, 2.05) is 18.2 Å². The Kier molecular flexibility index (Phi) is 3.50. The molecule has 2 bridgehead atoms. The summed E-state index contributed by atoms with van der Waals surface area (Å²) in [6.45, 7) is 2.21. The van der Waals surface area contributed by atoms with Gasteiger partial charge in [0.2, 0.25) is 0 Å². The van der Waals surface area contributed by atoms with E-state index in [1.54, 1.807) is 0 Å². The zero-order valence-corrected chi connectivity index (χ0v) is 10.8. The molecule has 2 unspecified atom stereocenters. The Bertz CT molecular complexity index is 450. The van der Waals surface area contributed by atoms with Crippen molar-refractivity contribution in [2.45, 2.75) is 25.0 Å². The third-order valence-electron chi connectivity index (χ3n) is 3.49. The molecule has 2 saturated heterocycles. The van der Waals surface area contributed by atoms with Gasteiger partial charge in [-0.2, -0.15) is 0 Å². The van der Waals surface area contributed by atoms with Gasteiger partial charge in [-0.15, -0.1) is 0 Å². The maximum absolute atomic E-state index is 11.6. The third kappa shape index (κ3) is 2.63. The highest BCUT2D eigenvalue weighted by atomic mass is 16.7. The van der Waals surface area contributed by atoms with Crippen molar-refractivity contribution in [1.82, 2.24) is 4.90 Å². The van der Waals surface area contributed by atoms with E-state index in [0.29, 0.717) is 13.1 Å². The van der Waals surface area contributed by atoms with Crippen LogP contribution in [0.3, 0.4) is 0 Å². The monoisotopic (exact) mass is 263 g/mol. The van der Waals surface area contributed by atoms with Crippen molar-refractivity contribution in [3.63, 3.8) is 0 Å². The van der Waals surface area contributed by atoms with Gasteiger partial charge in [0.15, 0.2) is 12.4 Å². The van der Waals surface area contributed by atoms with Crippen LogP contribution in [0, 0.1) is 0 Å². The summed E-state index contributed by atoms with van der Waals surface area (Å²) < 4.78 is 15.9. The Labute approximate surface area is 112 Å². The molecule has 1 aromatic carbocycles. The number of carbonyl (C=O) groups is 1. The predicted molar refractivity (Wildman–Crippen MR) is 67.3 cm³/mol. The van der Waals surface area contributed by atoms with Crippen LogP contribution < -0.4 is 0 Å². The molecule has 0 amide bonds. The second-order valence-corrected chi connectivity index (χ2v) is 4.86. The minimum Gasteiger partial charge on any atom is -0.467 e. The second-order valence-electron chi connectivity index (χ2n) is 4.86. The molecular weight excluding hydrogens is 246 g/mol. The number of fused-ring (bicyclic) bond motifs is 2. The number of morpholine rings is 1. The van der Waals surface area contributed by atoms with Gasteiger partial charge in [-0.05, 0) is 5.56 Å². The first kappa shape index (κ1) is 12.6. The lowest BCUT2D eigenvalue weighted by Gasteiger charge is -2.30. The van der Waals surface area contributed by atoms with Crippen molar-refractivity contribution in [3.05, 3.63) is 35.9 Å². The fourth-order valence-electron chi connectivity index (χ4n) is 2.61. The average Bonchev–Trinajstić information content (AvgIpc) is 2.74. The Morgan fingerprint density at radius 2 is 2.11 bits per heavy atom. The van der Waals surface area contributed by atoms with Gasteiger partial charge in [-0.3, -0.25) is 4.90 Å². The average molecular weight is 263 g/mol. The topological polar surface area (TPSA) is 48.0 Å². The van der Waals surface area contributed by atoms with Gasteiger partial charge in [-0.25, -0.2) is 4.79 Å². The first-order chi connectivity index (χ1) is 9.26.